The SMILES string of the molecule is c1cc(-c2cc3[se]c4cc(-c5cccc6nsnc56)sc4c3s2)c2nsnc2c1. The van der Waals surface area contributed by atoms with Crippen molar-refractivity contribution in [1.82, 2.24) is 17.5 Å². The van der Waals surface area contributed by atoms with Gasteiger partial charge in [-0.05, 0) is 0 Å². The molecule has 0 saturated heterocycles. The van der Waals surface area contributed by atoms with Crippen molar-refractivity contribution in [3.05, 3.63) is 48.5 Å². The molecule has 138 valence electrons. The van der Waals surface area contributed by atoms with Crippen LogP contribution < -0.4 is 0 Å². The fourth-order valence-corrected chi connectivity index (χ4v) is 10.7. The number of hydrogen-bond donors (Lipinski definition) is 0. The van der Waals surface area contributed by atoms with Gasteiger partial charge in [0.05, 0.1) is 0 Å². The molecule has 0 fully saturated rings. The first-order valence-electron chi connectivity index (χ1n) is 8.74. The molecule has 5 heterocycles. The predicted molar refractivity (Wildman–Crippen MR) is 127 cm³/mol. The van der Waals surface area contributed by atoms with Crippen molar-refractivity contribution in [3.63, 3.8) is 0 Å². The van der Waals surface area contributed by atoms with E-state index >= 15 is 0 Å². The van der Waals surface area contributed by atoms with Gasteiger partial charge >= 0.3 is 188 Å². The number of aromatic nitrogens is 4. The quantitative estimate of drug-likeness (QED) is 0.248. The van der Waals surface area contributed by atoms with Gasteiger partial charge in [0.15, 0.2) is 0 Å². The van der Waals surface area contributed by atoms with E-state index in [-0.39, 0.29) is 0 Å². The number of nitrogens with zero attached hydrogens (tertiary/aromatic N) is 4. The molecule has 7 rings (SSSR count). The number of fused-ring (bicyclic) bond motifs is 5. The first-order valence-corrected chi connectivity index (χ1v) is 13.5. The molecule has 0 saturated carbocycles. The van der Waals surface area contributed by atoms with Crippen LogP contribution in [-0.4, -0.2) is 32.0 Å². The van der Waals surface area contributed by atoms with Crippen molar-refractivity contribution in [2.45, 2.75) is 0 Å². The van der Waals surface area contributed by atoms with E-state index in [9.17, 15) is 0 Å². The molecule has 0 radical (unpaired) electrons. The normalized spacial score (nSPS) is 12.1. The Morgan fingerprint density at radius 2 is 1.14 bits per heavy atom. The van der Waals surface area contributed by atoms with E-state index in [1.54, 1.807) is 0 Å². The second kappa shape index (κ2) is 6.25. The van der Waals surface area contributed by atoms with Crippen molar-refractivity contribution in [1.29, 1.82) is 0 Å². The third-order valence-electron chi connectivity index (χ3n) is 4.93. The van der Waals surface area contributed by atoms with E-state index in [4.69, 9.17) is 0 Å². The fourth-order valence-electron chi connectivity index (χ4n) is 3.61. The standard InChI is InChI=1S/C20H8N4S4Se/c1-3-9(17-11(5-1)21-27-23-17)13-7-15-19(25-13)20-16(29-15)8-14(26-20)10-4-2-6-12-18(10)24-28-22-12/h1-8H. The summed E-state index contributed by atoms with van der Waals surface area (Å²) in [7, 11) is 0. The van der Waals surface area contributed by atoms with Crippen LogP contribution in [0.4, 0.5) is 0 Å². The second-order valence-corrected chi connectivity index (χ2v) is 12.0. The zero-order chi connectivity index (χ0) is 18.9. The van der Waals surface area contributed by atoms with Crippen molar-refractivity contribution in [2.24, 2.45) is 0 Å². The summed E-state index contributed by atoms with van der Waals surface area (Å²) in [6.07, 6.45) is 0. The van der Waals surface area contributed by atoms with Gasteiger partial charge in [0.25, 0.3) is 0 Å². The van der Waals surface area contributed by atoms with E-state index in [2.05, 4.69) is 53.9 Å². The molecule has 7 aromatic rings. The number of thiophene rings is 2. The van der Waals surface area contributed by atoms with E-state index in [0.717, 1.165) is 22.1 Å². The van der Waals surface area contributed by atoms with Crippen LogP contribution >= 0.6 is 46.1 Å². The van der Waals surface area contributed by atoms with Crippen molar-refractivity contribution < 1.29 is 0 Å². The summed E-state index contributed by atoms with van der Waals surface area (Å²) >= 11 is 6.69. The van der Waals surface area contributed by atoms with Crippen LogP contribution in [0.5, 0.6) is 0 Å². The van der Waals surface area contributed by atoms with Crippen molar-refractivity contribution >= 4 is 101 Å². The summed E-state index contributed by atoms with van der Waals surface area (Å²) in [5.74, 6) is 0. The van der Waals surface area contributed by atoms with Gasteiger partial charge in [-0.1, -0.05) is 0 Å². The molecular weight excluding hydrogens is 503 g/mol. The van der Waals surface area contributed by atoms with E-state index in [0.29, 0.717) is 14.5 Å². The third-order valence-corrected chi connectivity index (χ3v) is 11.4. The van der Waals surface area contributed by atoms with Gasteiger partial charge in [0.1, 0.15) is 0 Å². The van der Waals surface area contributed by atoms with Crippen LogP contribution in [0.3, 0.4) is 0 Å². The Balaban J connectivity index is 1.43. The van der Waals surface area contributed by atoms with Gasteiger partial charge in [0, 0.05) is 0 Å². The Morgan fingerprint density at radius 1 is 0.621 bits per heavy atom. The van der Waals surface area contributed by atoms with Gasteiger partial charge < -0.3 is 0 Å². The molecule has 0 atom stereocenters. The molecule has 0 N–H and O–H groups in total. The zero-order valence-corrected chi connectivity index (χ0v) is 19.4. The monoisotopic (exact) mass is 512 g/mol. The average Bonchev–Trinajstić information content (AvgIpc) is 3.52. The van der Waals surface area contributed by atoms with Crippen molar-refractivity contribution in [2.75, 3.05) is 0 Å². The van der Waals surface area contributed by atoms with Crippen LogP contribution in [0.15, 0.2) is 48.5 Å². The molecule has 0 aliphatic heterocycles. The summed E-state index contributed by atoms with van der Waals surface area (Å²) < 4.78 is 23.7. The predicted octanol–water partition coefficient (Wildman–Crippen LogP) is 6.52. The van der Waals surface area contributed by atoms with E-state index < -0.39 is 0 Å². The van der Waals surface area contributed by atoms with Gasteiger partial charge in [0.2, 0.25) is 0 Å². The minimum atomic E-state index is 0.344. The summed E-state index contributed by atoms with van der Waals surface area (Å²) in [5, 5.41) is 0. The first-order chi connectivity index (χ1) is 14.3. The summed E-state index contributed by atoms with van der Waals surface area (Å²) in [4.78, 5) is 2.59. The Morgan fingerprint density at radius 3 is 1.66 bits per heavy atom. The molecule has 0 unspecified atom stereocenters. The van der Waals surface area contributed by atoms with Crippen LogP contribution in [0, 0.1) is 0 Å². The second-order valence-electron chi connectivity index (χ2n) is 6.59. The molecule has 0 aliphatic rings. The van der Waals surface area contributed by atoms with Gasteiger partial charge in [-0.15, -0.1) is 0 Å². The average molecular weight is 512 g/mol. The first kappa shape index (κ1) is 16.8. The zero-order valence-electron chi connectivity index (χ0n) is 14.4. The molecule has 0 aliphatic carbocycles. The van der Waals surface area contributed by atoms with Crippen LogP contribution in [0.1, 0.15) is 0 Å². The molecule has 0 bridgehead atoms. The van der Waals surface area contributed by atoms with Crippen LogP contribution in [0.25, 0.3) is 60.9 Å². The molecule has 9 heteroatoms. The van der Waals surface area contributed by atoms with Gasteiger partial charge in [-0.2, -0.15) is 0 Å². The molecule has 2 aromatic carbocycles. The minimum absolute atomic E-state index is 0.344. The molecule has 0 amide bonds. The molecule has 29 heavy (non-hydrogen) atoms. The summed E-state index contributed by atoms with van der Waals surface area (Å²) in [6.45, 7) is 0. The molecule has 0 spiro atoms. The molecule has 4 nitrogen and oxygen atoms in total. The van der Waals surface area contributed by atoms with Crippen LogP contribution in [-0.2, 0) is 0 Å². The van der Waals surface area contributed by atoms with E-state index in [1.165, 1.54) is 62.3 Å². The Kier molecular flexibility index (Phi) is 3.61. The number of hydrogen-bond acceptors (Lipinski definition) is 8. The third kappa shape index (κ3) is 2.46. The summed E-state index contributed by atoms with van der Waals surface area (Å²) in [6, 6.07) is 17.3. The Labute approximate surface area is 186 Å². The number of benzene rings is 2. The van der Waals surface area contributed by atoms with Crippen molar-refractivity contribution in [3.8, 4) is 20.9 Å². The van der Waals surface area contributed by atoms with Gasteiger partial charge in [-0.25, -0.2) is 0 Å². The van der Waals surface area contributed by atoms with E-state index in [1.807, 2.05) is 34.8 Å². The Hall–Kier alpha value is -2.00. The maximum atomic E-state index is 4.52. The molecule has 5 aromatic heterocycles. The van der Waals surface area contributed by atoms with Crippen LogP contribution in [0.2, 0.25) is 0 Å². The topological polar surface area (TPSA) is 51.6 Å². The Bertz CT molecular complexity index is 1560. The number of rotatable bonds is 2. The maximum absolute atomic E-state index is 4.52. The molecular formula is C20H8N4S4Se. The summed E-state index contributed by atoms with van der Waals surface area (Å²) in [5.41, 5.74) is 6.39. The fraction of sp³-hybridized carbons (Fsp3) is 0. The van der Waals surface area contributed by atoms with Gasteiger partial charge in [-0.3, -0.25) is 0 Å².